The molecule has 0 heterocycles. The first-order valence-electron chi connectivity index (χ1n) is 9.86. The van der Waals surface area contributed by atoms with Gasteiger partial charge in [-0.15, -0.1) is 0 Å². The highest BCUT2D eigenvalue weighted by Gasteiger charge is 2.19. The SMILES string of the molecule is CC[C@H](Oc1ccccc1OC)C(=O)NCCCc1cccc(OC(C)C)c1. The average Bonchev–Trinajstić information content (AvgIpc) is 2.69. The van der Waals surface area contributed by atoms with Crippen molar-refractivity contribution in [3.8, 4) is 17.2 Å². The van der Waals surface area contributed by atoms with Gasteiger partial charge in [0.25, 0.3) is 5.91 Å². The molecule has 0 unspecified atom stereocenters. The summed E-state index contributed by atoms with van der Waals surface area (Å²) < 4.78 is 16.9. The van der Waals surface area contributed by atoms with Crippen LogP contribution in [0.3, 0.4) is 0 Å². The van der Waals surface area contributed by atoms with Crippen molar-refractivity contribution in [1.82, 2.24) is 5.32 Å². The van der Waals surface area contributed by atoms with Gasteiger partial charge in [0.1, 0.15) is 5.75 Å². The van der Waals surface area contributed by atoms with Crippen LogP contribution in [-0.4, -0.2) is 31.8 Å². The van der Waals surface area contributed by atoms with E-state index in [-0.39, 0.29) is 12.0 Å². The van der Waals surface area contributed by atoms with Gasteiger partial charge in [0.05, 0.1) is 13.2 Å². The molecule has 0 aliphatic carbocycles. The van der Waals surface area contributed by atoms with E-state index < -0.39 is 6.10 Å². The third-order valence-corrected chi connectivity index (χ3v) is 4.21. The summed E-state index contributed by atoms with van der Waals surface area (Å²) in [5.74, 6) is 1.98. The van der Waals surface area contributed by atoms with Crippen LogP contribution in [0.4, 0.5) is 0 Å². The van der Waals surface area contributed by atoms with E-state index in [9.17, 15) is 4.79 Å². The molecule has 2 aromatic carbocycles. The molecule has 0 spiro atoms. The third kappa shape index (κ3) is 6.80. The molecule has 0 aromatic heterocycles. The quantitative estimate of drug-likeness (QED) is 0.583. The van der Waals surface area contributed by atoms with E-state index in [1.54, 1.807) is 13.2 Å². The molecule has 0 fully saturated rings. The first-order chi connectivity index (χ1) is 13.5. The Balaban J connectivity index is 1.80. The van der Waals surface area contributed by atoms with Gasteiger partial charge >= 0.3 is 0 Å². The molecule has 1 amide bonds. The van der Waals surface area contributed by atoms with E-state index in [0.29, 0.717) is 24.5 Å². The Morgan fingerprint density at radius 2 is 1.79 bits per heavy atom. The number of benzene rings is 2. The molecule has 28 heavy (non-hydrogen) atoms. The van der Waals surface area contributed by atoms with Gasteiger partial charge in [0.15, 0.2) is 17.6 Å². The number of methoxy groups -OCH3 is 1. The predicted octanol–water partition coefficient (Wildman–Crippen LogP) is 4.39. The van der Waals surface area contributed by atoms with E-state index in [4.69, 9.17) is 14.2 Å². The normalized spacial score (nSPS) is 11.8. The number of para-hydroxylation sites is 2. The Morgan fingerprint density at radius 3 is 2.46 bits per heavy atom. The van der Waals surface area contributed by atoms with Gasteiger partial charge in [-0.05, 0) is 62.9 Å². The molecule has 152 valence electrons. The zero-order valence-corrected chi connectivity index (χ0v) is 17.2. The van der Waals surface area contributed by atoms with Crippen LogP contribution in [0.25, 0.3) is 0 Å². The summed E-state index contributed by atoms with van der Waals surface area (Å²) in [6.07, 6.45) is 1.92. The highest BCUT2D eigenvalue weighted by Crippen LogP contribution is 2.27. The molecule has 0 saturated heterocycles. The molecular weight excluding hydrogens is 354 g/mol. The highest BCUT2D eigenvalue weighted by molar-refractivity contribution is 5.81. The van der Waals surface area contributed by atoms with Crippen LogP contribution in [0, 0.1) is 0 Å². The number of nitrogens with one attached hydrogen (secondary N) is 1. The fourth-order valence-corrected chi connectivity index (χ4v) is 2.86. The van der Waals surface area contributed by atoms with E-state index in [1.165, 1.54) is 5.56 Å². The summed E-state index contributed by atoms with van der Waals surface area (Å²) in [4.78, 5) is 12.5. The lowest BCUT2D eigenvalue weighted by atomic mass is 10.1. The predicted molar refractivity (Wildman–Crippen MR) is 111 cm³/mol. The average molecular weight is 386 g/mol. The van der Waals surface area contributed by atoms with E-state index in [2.05, 4.69) is 17.4 Å². The summed E-state index contributed by atoms with van der Waals surface area (Å²) in [7, 11) is 1.59. The Labute approximate surface area is 168 Å². The molecule has 5 heteroatoms. The molecule has 2 aromatic rings. The Morgan fingerprint density at radius 1 is 1.04 bits per heavy atom. The molecule has 0 saturated carbocycles. The lowest BCUT2D eigenvalue weighted by molar-refractivity contribution is -0.128. The minimum absolute atomic E-state index is 0.106. The molecule has 0 bridgehead atoms. The van der Waals surface area contributed by atoms with E-state index in [1.807, 2.05) is 51.1 Å². The van der Waals surface area contributed by atoms with Crippen LogP contribution in [0.2, 0.25) is 0 Å². The van der Waals surface area contributed by atoms with Crippen LogP contribution in [-0.2, 0) is 11.2 Å². The van der Waals surface area contributed by atoms with Crippen molar-refractivity contribution < 1.29 is 19.0 Å². The number of hydrogen-bond donors (Lipinski definition) is 1. The van der Waals surface area contributed by atoms with Gasteiger partial charge in [0.2, 0.25) is 0 Å². The molecule has 0 aliphatic heterocycles. The maximum absolute atomic E-state index is 12.5. The maximum Gasteiger partial charge on any atom is 0.261 e. The number of rotatable bonds is 11. The number of hydrogen-bond acceptors (Lipinski definition) is 4. The zero-order chi connectivity index (χ0) is 20.4. The third-order valence-electron chi connectivity index (χ3n) is 4.21. The van der Waals surface area contributed by atoms with Crippen molar-refractivity contribution in [2.45, 2.75) is 52.2 Å². The van der Waals surface area contributed by atoms with Crippen LogP contribution in [0.1, 0.15) is 39.2 Å². The fraction of sp³-hybridized carbons (Fsp3) is 0.435. The molecular formula is C23H31NO4. The number of ether oxygens (including phenoxy) is 3. The summed E-state index contributed by atoms with van der Waals surface area (Å²) >= 11 is 0. The van der Waals surface area contributed by atoms with Crippen LogP contribution in [0.15, 0.2) is 48.5 Å². The monoisotopic (exact) mass is 385 g/mol. The van der Waals surface area contributed by atoms with Gasteiger partial charge in [-0.1, -0.05) is 31.2 Å². The Bertz CT molecular complexity index is 745. The van der Waals surface area contributed by atoms with Gasteiger partial charge in [0, 0.05) is 6.54 Å². The number of carbonyl (C=O) groups excluding carboxylic acids is 1. The number of carbonyl (C=O) groups is 1. The zero-order valence-electron chi connectivity index (χ0n) is 17.2. The molecule has 2 rings (SSSR count). The van der Waals surface area contributed by atoms with Crippen LogP contribution < -0.4 is 19.5 Å². The second-order valence-corrected chi connectivity index (χ2v) is 6.87. The highest BCUT2D eigenvalue weighted by atomic mass is 16.5. The topological polar surface area (TPSA) is 56.8 Å². The second-order valence-electron chi connectivity index (χ2n) is 6.87. The molecule has 1 N–H and O–H groups in total. The van der Waals surface area contributed by atoms with Gasteiger partial charge in [-0.2, -0.15) is 0 Å². The largest absolute Gasteiger partial charge is 0.493 e. The lowest BCUT2D eigenvalue weighted by Crippen LogP contribution is -2.38. The minimum atomic E-state index is -0.543. The smallest absolute Gasteiger partial charge is 0.261 e. The van der Waals surface area contributed by atoms with Crippen molar-refractivity contribution in [2.75, 3.05) is 13.7 Å². The molecule has 0 aliphatic rings. The molecule has 0 radical (unpaired) electrons. The fourth-order valence-electron chi connectivity index (χ4n) is 2.86. The Kier molecular flexibility index (Phi) is 8.66. The first kappa shape index (κ1) is 21.6. The summed E-state index contributed by atoms with van der Waals surface area (Å²) in [5, 5.41) is 2.97. The molecule has 5 nitrogen and oxygen atoms in total. The standard InChI is InChI=1S/C23H31NO4/c1-5-20(28-22-14-7-6-13-21(22)26-4)23(25)24-15-9-11-18-10-8-12-19(16-18)27-17(2)3/h6-8,10,12-14,16-17,20H,5,9,11,15H2,1-4H3,(H,24,25)/t20-/m0/s1. The maximum atomic E-state index is 12.5. The first-order valence-corrected chi connectivity index (χ1v) is 9.86. The summed E-state index contributed by atoms with van der Waals surface area (Å²) in [6.45, 7) is 6.55. The summed E-state index contributed by atoms with van der Waals surface area (Å²) in [6, 6.07) is 15.5. The van der Waals surface area contributed by atoms with Crippen molar-refractivity contribution >= 4 is 5.91 Å². The van der Waals surface area contributed by atoms with Crippen LogP contribution >= 0.6 is 0 Å². The molecule has 1 atom stereocenters. The van der Waals surface area contributed by atoms with E-state index in [0.717, 1.165) is 18.6 Å². The Hall–Kier alpha value is -2.69. The minimum Gasteiger partial charge on any atom is -0.493 e. The lowest BCUT2D eigenvalue weighted by Gasteiger charge is -2.18. The van der Waals surface area contributed by atoms with Gasteiger partial charge < -0.3 is 19.5 Å². The van der Waals surface area contributed by atoms with Gasteiger partial charge in [-0.3, -0.25) is 4.79 Å². The van der Waals surface area contributed by atoms with Crippen molar-refractivity contribution in [3.63, 3.8) is 0 Å². The van der Waals surface area contributed by atoms with Gasteiger partial charge in [-0.25, -0.2) is 0 Å². The van der Waals surface area contributed by atoms with Crippen molar-refractivity contribution in [1.29, 1.82) is 0 Å². The summed E-state index contributed by atoms with van der Waals surface area (Å²) in [5.41, 5.74) is 1.20. The van der Waals surface area contributed by atoms with E-state index >= 15 is 0 Å². The van der Waals surface area contributed by atoms with Crippen molar-refractivity contribution in [3.05, 3.63) is 54.1 Å². The second kappa shape index (κ2) is 11.2. The number of amides is 1. The van der Waals surface area contributed by atoms with Crippen LogP contribution in [0.5, 0.6) is 17.2 Å². The van der Waals surface area contributed by atoms with Crippen molar-refractivity contribution in [2.24, 2.45) is 0 Å². The number of aryl methyl sites for hydroxylation is 1.